The molecule has 2 aromatic heterocycles. The molecule has 0 spiro atoms. The van der Waals surface area contributed by atoms with Gasteiger partial charge < -0.3 is 9.64 Å². The number of hydrogen-bond acceptors (Lipinski definition) is 6. The van der Waals surface area contributed by atoms with Crippen LogP contribution in [-0.4, -0.2) is 39.6 Å². The second-order valence-corrected chi connectivity index (χ2v) is 9.22. The average Bonchev–Trinajstić information content (AvgIpc) is 3.10. The van der Waals surface area contributed by atoms with E-state index in [0.29, 0.717) is 16.5 Å². The number of fused-ring (bicyclic) bond motifs is 1. The van der Waals surface area contributed by atoms with E-state index in [1.54, 1.807) is 23.8 Å². The van der Waals surface area contributed by atoms with Gasteiger partial charge in [-0.1, -0.05) is 25.0 Å². The number of amides is 1. The van der Waals surface area contributed by atoms with Gasteiger partial charge in [-0.25, -0.2) is 4.98 Å². The molecule has 6 nitrogen and oxygen atoms in total. The molecular weight excluding hydrogens is 418 g/mol. The monoisotopic (exact) mass is 443 g/mol. The van der Waals surface area contributed by atoms with Gasteiger partial charge in [0.2, 0.25) is 5.91 Å². The van der Waals surface area contributed by atoms with E-state index >= 15 is 0 Å². The number of methoxy groups -OCH3 is 1. The Bertz CT molecular complexity index is 1060. The Morgan fingerprint density at radius 3 is 2.90 bits per heavy atom. The van der Waals surface area contributed by atoms with Crippen molar-refractivity contribution in [3.8, 4) is 5.75 Å². The van der Waals surface area contributed by atoms with E-state index in [9.17, 15) is 9.59 Å². The van der Waals surface area contributed by atoms with Crippen LogP contribution >= 0.6 is 23.1 Å². The second-order valence-electron chi connectivity index (χ2n) is 7.36. The van der Waals surface area contributed by atoms with Crippen molar-refractivity contribution in [1.29, 1.82) is 0 Å². The van der Waals surface area contributed by atoms with Crippen LogP contribution in [0.4, 0.5) is 0 Å². The van der Waals surface area contributed by atoms with E-state index in [1.807, 2.05) is 22.4 Å². The lowest BCUT2D eigenvalue weighted by Gasteiger charge is -2.30. The highest BCUT2D eigenvalue weighted by atomic mass is 32.2. The fourth-order valence-corrected chi connectivity index (χ4v) is 5.41. The van der Waals surface area contributed by atoms with E-state index in [-0.39, 0.29) is 17.5 Å². The summed E-state index contributed by atoms with van der Waals surface area (Å²) in [7, 11) is 1.66. The lowest BCUT2D eigenvalue weighted by atomic mass is 10.0. The molecule has 8 heteroatoms. The number of thioether (sulfide) groups is 1. The first kappa shape index (κ1) is 20.9. The Morgan fingerprint density at radius 2 is 2.10 bits per heavy atom. The van der Waals surface area contributed by atoms with Gasteiger partial charge >= 0.3 is 0 Å². The van der Waals surface area contributed by atoms with Crippen LogP contribution in [0.1, 0.15) is 43.0 Å². The van der Waals surface area contributed by atoms with Crippen molar-refractivity contribution in [2.45, 2.75) is 37.5 Å². The molecule has 1 atom stereocenters. The molecule has 1 aliphatic rings. The van der Waals surface area contributed by atoms with Crippen LogP contribution in [0, 0.1) is 0 Å². The third-order valence-electron chi connectivity index (χ3n) is 5.41. The van der Waals surface area contributed by atoms with Crippen molar-refractivity contribution in [3.63, 3.8) is 0 Å². The van der Waals surface area contributed by atoms with Gasteiger partial charge in [-0.05, 0) is 30.5 Å². The molecule has 1 fully saturated rings. The number of benzene rings is 1. The standard InChI is InChI=1S/C22H25N3O3S2/c1-28-18-8-6-16(7-9-18)19-5-3-2-4-10-24(19)21(27)15-29-14-17-13-20(26)25-11-12-30-22(25)23-17/h6-9,11-13,19H,2-5,10,14-15H2,1H3/t19-/m1/s1. The van der Waals surface area contributed by atoms with Crippen molar-refractivity contribution >= 4 is 34.0 Å². The van der Waals surface area contributed by atoms with Crippen LogP contribution in [0.15, 0.2) is 46.7 Å². The molecule has 1 aromatic carbocycles. The van der Waals surface area contributed by atoms with Crippen LogP contribution < -0.4 is 10.3 Å². The van der Waals surface area contributed by atoms with E-state index < -0.39 is 0 Å². The lowest BCUT2D eigenvalue weighted by molar-refractivity contribution is -0.130. The molecule has 0 N–H and O–H groups in total. The lowest BCUT2D eigenvalue weighted by Crippen LogP contribution is -2.36. The third kappa shape index (κ3) is 4.70. The number of likely N-dealkylation sites (tertiary alicyclic amines) is 1. The van der Waals surface area contributed by atoms with Gasteiger partial charge in [0.1, 0.15) is 5.75 Å². The summed E-state index contributed by atoms with van der Waals surface area (Å²) in [4.78, 5) is 32.5. The molecule has 3 aromatic rings. The van der Waals surface area contributed by atoms with Crippen LogP contribution in [0.5, 0.6) is 5.75 Å². The molecule has 3 heterocycles. The predicted octanol–water partition coefficient (Wildman–Crippen LogP) is 4.14. The number of carbonyl (C=O) groups is 1. The molecule has 4 rings (SSSR count). The van der Waals surface area contributed by atoms with Crippen LogP contribution in [-0.2, 0) is 10.5 Å². The summed E-state index contributed by atoms with van der Waals surface area (Å²) in [5.41, 5.74) is 1.81. The Balaban J connectivity index is 1.42. The summed E-state index contributed by atoms with van der Waals surface area (Å²) in [5, 5.41) is 1.85. The van der Waals surface area contributed by atoms with Crippen molar-refractivity contribution in [2.75, 3.05) is 19.4 Å². The molecule has 0 aliphatic carbocycles. The predicted molar refractivity (Wildman–Crippen MR) is 121 cm³/mol. The summed E-state index contributed by atoms with van der Waals surface area (Å²) in [6, 6.07) is 9.72. The zero-order chi connectivity index (χ0) is 20.9. The Morgan fingerprint density at radius 1 is 1.27 bits per heavy atom. The van der Waals surface area contributed by atoms with Crippen molar-refractivity contribution in [1.82, 2.24) is 14.3 Å². The first-order valence-corrected chi connectivity index (χ1v) is 12.2. The Kier molecular flexibility index (Phi) is 6.74. The van der Waals surface area contributed by atoms with Crippen molar-refractivity contribution in [3.05, 3.63) is 63.5 Å². The van der Waals surface area contributed by atoms with Crippen molar-refractivity contribution < 1.29 is 9.53 Å². The minimum atomic E-state index is -0.0738. The summed E-state index contributed by atoms with van der Waals surface area (Å²) in [5.74, 6) is 1.91. The largest absolute Gasteiger partial charge is 0.497 e. The van der Waals surface area contributed by atoms with Gasteiger partial charge in [0.15, 0.2) is 4.96 Å². The van der Waals surface area contributed by atoms with Gasteiger partial charge in [0.05, 0.1) is 24.6 Å². The van der Waals surface area contributed by atoms with E-state index in [1.165, 1.54) is 23.1 Å². The van der Waals surface area contributed by atoms with E-state index in [4.69, 9.17) is 4.74 Å². The number of ether oxygens (including phenoxy) is 1. The zero-order valence-electron chi connectivity index (χ0n) is 17.0. The third-order valence-corrected chi connectivity index (χ3v) is 7.11. The normalized spacial score (nSPS) is 17.1. The molecule has 1 aliphatic heterocycles. The van der Waals surface area contributed by atoms with Crippen molar-refractivity contribution in [2.24, 2.45) is 0 Å². The first-order chi connectivity index (χ1) is 14.7. The summed E-state index contributed by atoms with van der Waals surface area (Å²) >= 11 is 2.96. The molecule has 1 saturated heterocycles. The SMILES string of the molecule is COc1ccc([C@H]2CCCCCN2C(=O)CSCc2cc(=O)n3ccsc3n2)cc1. The molecular formula is C22H25N3O3S2. The van der Waals surface area contributed by atoms with Gasteiger partial charge in [-0.2, -0.15) is 0 Å². The highest BCUT2D eigenvalue weighted by Gasteiger charge is 2.26. The number of rotatable bonds is 6. The average molecular weight is 444 g/mol. The molecule has 1 amide bonds. The quantitative estimate of drug-likeness (QED) is 0.573. The topological polar surface area (TPSA) is 63.9 Å². The van der Waals surface area contributed by atoms with E-state index in [0.717, 1.165) is 49.2 Å². The number of hydrogen-bond donors (Lipinski definition) is 0. The van der Waals surface area contributed by atoms with Gasteiger partial charge in [-0.15, -0.1) is 23.1 Å². The Labute approximate surface area is 183 Å². The minimum absolute atomic E-state index is 0.0738. The summed E-state index contributed by atoms with van der Waals surface area (Å²) in [6.07, 6.45) is 6.03. The highest BCUT2D eigenvalue weighted by molar-refractivity contribution is 7.99. The van der Waals surface area contributed by atoms with Gasteiger partial charge in [-0.3, -0.25) is 14.0 Å². The molecule has 0 radical (unpaired) electrons. The number of carbonyl (C=O) groups excluding carboxylic acids is 1. The van der Waals surface area contributed by atoms with Gasteiger partial charge in [0, 0.05) is 29.9 Å². The number of aromatic nitrogens is 2. The highest BCUT2D eigenvalue weighted by Crippen LogP contribution is 2.31. The maximum Gasteiger partial charge on any atom is 0.258 e. The Hall–Kier alpha value is -2.32. The number of thiazole rings is 1. The van der Waals surface area contributed by atoms with Crippen LogP contribution in [0.2, 0.25) is 0 Å². The smallest absolute Gasteiger partial charge is 0.258 e. The summed E-state index contributed by atoms with van der Waals surface area (Å²) < 4.78 is 6.81. The van der Waals surface area contributed by atoms with E-state index in [2.05, 4.69) is 17.1 Å². The molecule has 0 bridgehead atoms. The molecule has 30 heavy (non-hydrogen) atoms. The zero-order valence-corrected chi connectivity index (χ0v) is 18.6. The second kappa shape index (κ2) is 9.66. The fraction of sp³-hybridized carbons (Fsp3) is 0.409. The molecule has 158 valence electrons. The van der Waals surface area contributed by atoms with Crippen LogP contribution in [0.25, 0.3) is 4.96 Å². The van der Waals surface area contributed by atoms with Crippen LogP contribution in [0.3, 0.4) is 0 Å². The first-order valence-electron chi connectivity index (χ1n) is 10.1. The summed E-state index contributed by atoms with van der Waals surface area (Å²) in [6.45, 7) is 0.789. The fourth-order valence-electron chi connectivity index (χ4n) is 3.87. The van der Waals surface area contributed by atoms with Gasteiger partial charge in [0.25, 0.3) is 5.56 Å². The maximum absolute atomic E-state index is 13.1. The number of nitrogens with zero attached hydrogens (tertiary/aromatic N) is 3. The molecule has 0 unspecified atom stereocenters. The molecule has 0 saturated carbocycles. The maximum atomic E-state index is 13.1. The minimum Gasteiger partial charge on any atom is -0.497 e.